The van der Waals surface area contributed by atoms with E-state index in [4.69, 9.17) is 0 Å². The fourth-order valence-corrected chi connectivity index (χ4v) is 1.66. The molecule has 0 aliphatic rings. The number of para-hydroxylation sites is 1. The van der Waals surface area contributed by atoms with Crippen molar-refractivity contribution in [2.45, 2.75) is 0 Å². The van der Waals surface area contributed by atoms with Crippen molar-refractivity contribution in [2.75, 3.05) is 7.05 Å². The molecular weight excluding hydrogens is 244 g/mol. The Labute approximate surface area is 109 Å². The fourth-order valence-electron chi connectivity index (χ4n) is 1.66. The van der Waals surface area contributed by atoms with Gasteiger partial charge in [0.05, 0.1) is 12.0 Å². The van der Waals surface area contributed by atoms with Gasteiger partial charge in [-0.2, -0.15) is 0 Å². The maximum Gasteiger partial charge on any atom is 0.337 e. The van der Waals surface area contributed by atoms with E-state index in [1.165, 1.54) is 24.0 Å². The van der Waals surface area contributed by atoms with Crippen LogP contribution in [0.3, 0.4) is 0 Å². The summed E-state index contributed by atoms with van der Waals surface area (Å²) in [6, 6.07) is 10.4. The van der Waals surface area contributed by atoms with E-state index in [1.807, 2.05) is 18.2 Å². The van der Waals surface area contributed by atoms with Gasteiger partial charge in [0.15, 0.2) is 0 Å². The molecule has 0 bridgehead atoms. The van der Waals surface area contributed by atoms with Crippen LogP contribution in [-0.4, -0.2) is 22.5 Å². The van der Waals surface area contributed by atoms with E-state index in [2.05, 4.69) is 10.3 Å². The van der Waals surface area contributed by atoms with Crippen molar-refractivity contribution in [3.8, 4) is 5.69 Å². The highest BCUT2D eigenvalue weighted by molar-refractivity contribution is 5.59. The second kappa shape index (κ2) is 5.34. The summed E-state index contributed by atoms with van der Waals surface area (Å²) >= 11 is 0. The SMILES string of the molecule is CN/C=N/c1cc(=O)n(C)c(=O)n1-c1ccccc1. The summed E-state index contributed by atoms with van der Waals surface area (Å²) < 4.78 is 2.43. The van der Waals surface area contributed by atoms with Crippen LogP contribution in [0, 0.1) is 0 Å². The van der Waals surface area contributed by atoms with Crippen molar-refractivity contribution in [1.82, 2.24) is 14.5 Å². The minimum Gasteiger partial charge on any atom is -0.379 e. The third kappa shape index (κ3) is 2.47. The number of hydrogen-bond donors (Lipinski definition) is 1. The molecule has 19 heavy (non-hydrogen) atoms. The van der Waals surface area contributed by atoms with Gasteiger partial charge in [0.1, 0.15) is 5.82 Å². The zero-order valence-corrected chi connectivity index (χ0v) is 10.7. The molecule has 1 N–H and O–H groups in total. The summed E-state index contributed by atoms with van der Waals surface area (Å²) in [5, 5.41) is 2.73. The lowest BCUT2D eigenvalue weighted by molar-refractivity contribution is 0.730. The van der Waals surface area contributed by atoms with Gasteiger partial charge < -0.3 is 5.32 Å². The Balaban J connectivity index is 2.77. The van der Waals surface area contributed by atoms with E-state index in [0.717, 1.165) is 4.57 Å². The first-order chi connectivity index (χ1) is 9.15. The van der Waals surface area contributed by atoms with Crippen LogP contribution in [0.25, 0.3) is 5.69 Å². The summed E-state index contributed by atoms with van der Waals surface area (Å²) in [5.41, 5.74) is -0.159. The van der Waals surface area contributed by atoms with Crippen molar-refractivity contribution < 1.29 is 0 Å². The molecule has 2 rings (SSSR count). The summed E-state index contributed by atoms with van der Waals surface area (Å²) in [5.74, 6) is 0.286. The molecule has 0 amide bonds. The summed E-state index contributed by atoms with van der Waals surface area (Å²) in [6.45, 7) is 0. The van der Waals surface area contributed by atoms with Crippen molar-refractivity contribution in [3.63, 3.8) is 0 Å². The van der Waals surface area contributed by atoms with Gasteiger partial charge in [-0.3, -0.25) is 9.36 Å². The van der Waals surface area contributed by atoms with Gasteiger partial charge in [0, 0.05) is 20.2 Å². The van der Waals surface area contributed by atoms with Crippen LogP contribution in [0.1, 0.15) is 0 Å². The van der Waals surface area contributed by atoms with Crippen LogP contribution in [0.15, 0.2) is 51.0 Å². The Bertz CT molecular complexity index is 714. The van der Waals surface area contributed by atoms with Crippen LogP contribution < -0.4 is 16.6 Å². The van der Waals surface area contributed by atoms with E-state index in [-0.39, 0.29) is 11.4 Å². The summed E-state index contributed by atoms with van der Waals surface area (Å²) in [7, 11) is 3.13. The number of aromatic nitrogens is 2. The van der Waals surface area contributed by atoms with Crippen molar-refractivity contribution in [3.05, 3.63) is 57.2 Å². The van der Waals surface area contributed by atoms with Gasteiger partial charge in [0.25, 0.3) is 5.56 Å². The Hall–Kier alpha value is -2.63. The molecule has 98 valence electrons. The zero-order valence-electron chi connectivity index (χ0n) is 10.7. The zero-order chi connectivity index (χ0) is 13.8. The summed E-state index contributed by atoms with van der Waals surface area (Å²) in [6.07, 6.45) is 1.42. The van der Waals surface area contributed by atoms with Gasteiger partial charge in [-0.15, -0.1) is 0 Å². The maximum atomic E-state index is 12.2. The Morgan fingerprint density at radius 3 is 2.53 bits per heavy atom. The lowest BCUT2D eigenvalue weighted by atomic mass is 10.3. The number of rotatable bonds is 3. The first-order valence-corrected chi connectivity index (χ1v) is 5.73. The monoisotopic (exact) mass is 258 g/mol. The van der Waals surface area contributed by atoms with Gasteiger partial charge in [-0.1, -0.05) is 18.2 Å². The van der Waals surface area contributed by atoms with Crippen LogP contribution in [0.2, 0.25) is 0 Å². The average Bonchev–Trinajstić information content (AvgIpc) is 2.43. The molecule has 1 aromatic carbocycles. The van der Waals surface area contributed by atoms with Crippen LogP contribution in [-0.2, 0) is 7.05 Å². The maximum absolute atomic E-state index is 12.2. The van der Waals surface area contributed by atoms with Gasteiger partial charge >= 0.3 is 5.69 Å². The van der Waals surface area contributed by atoms with E-state index < -0.39 is 5.69 Å². The minimum absolute atomic E-state index is 0.286. The third-order valence-corrected chi connectivity index (χ3v) is 2.63. The second-order valence-electron chi connectivity index (χ2n) is 3.90. The first-order valence-electron chi connectivity index (χ1n) is 5.73. The smallest absolute Gasteiger partial charge is 0.337 e. The molecule has 0 saturated heterocycles. The number of nitrogens with one attached hydrogen (secondary N) is 1. The lowest BCUT2D eigenvalue weighted by Crippen LogP contribution is -2.36. The lowest BCUT2D eigenvalue weighted by Gasteiger charge is -2.10. The second-order valence-corrected chi connectivity index (χ2v) is 3.90. The van der Waals surface area contributed by atoms with E-state index >= 15 is 0 Å². The van der Waals surface area contributed by atoms with Gasteiger partial charge in [-0.05, 0) is 12.1 Å². The van der Waals surface area contributed by atoms with Crippen LogP contribution in [0.4, 0.5) is 5.82 Å². The molecule has 6 nitrogen and oxygen atoms in total. The normalized spacial score (nSPS) is 10.8. The summed E-state index contributed by atoms with van der Waals surface area (Å²) in [4.78, 5) is 27.9. The standard InChI is InChI=1S/C13H14N4O2/c1-14-9-15-11-8-12(18)16(2)13(19)17(11)10-6-4-3-5-7-10/h3-9H,1-2H3,(H,14,15). The van der Waals surface area contributed by atoms with Gasteiger partial charge in [0.2, 0.25) is 0 Å². The average molecular weight is 258 g/mol. The molecule has 6 heteroatoms. The van der Waals surface area contributed by atoms with Crippen LogP contribution in [0.5, 0.6) is 0 Å². The molecule has 0 spiro atoms. The molecular formula is C13H14N4O2. The largest absolute Gasteiger partial charge is 0.379 e. The van der Waals surface area contributed by atoms with Crippen molar-refractivity contribution >= 4 is 12.2 Å². The fraction of sp³-hybridized carbons (Fsp3) is 0.154. The van der Waals surface area contributed by atoms with Gasteiger partial charge in [-0.25, -0.2) is 14.4 Å². The molecule has 2 aromatic rings. The topological polar surface area (TPSA) is 68.4 Å². The Morgan fingerprint density at radius 1 is 1.21 bits per heavy atom. The minimum atomic E-state index is -0.429. The third-order valence-electron chi connectivity index (χ3n) is 2.63. The highest BCUT2D eigenvalue weighted by Gasteiger charge is 2.09. The van der Waals surface area contributed by atoms with Crippen LogP contribution >= 0.6 is 0 Å². The molecule has 0 atom stereocenters. The molecule has 0 unspecified atom stereocenters. The van der Waals surface area contributed by atoms with Crippen molar-refractivity contribution in [1.29, 1.82) is 0 Å². The Morgan fingerprint density at radius 2 is 1.89 bits per heavy atom. The highest BCUT2D eigenvalue weighted by Crippen LogP contribution is 2.13. The molecule has 0 fully saturated rings. The number of hydrogen-bond acceptors (Lipinski definition) is 3. The quantitative estimate of drug-likeness (QED) is 0.640. The first kappa shape index (κ1) is 12.8. The van der Waals surface area contributed by atoms with E-state index in [9.17, 15) is 9.59 Å². The predicted octanol–water partition coefficient (Wildman–Crippen LogP) is 0.415. The molecule has 0 radical (unpaired) electrons. The predicted molar refractivity (Wildman–Crippen MR) is 74.5 cm³/mol. The highest BCUT2D eigenvalue weighted by atomic mass is 16.2. The number of nitrogens with zero attached hydrogens (tertiary/aromatic N) is 3. The van der Waals surface area contributed by atoms with E-state index in [1.54, 1.807) is 19.2 Å². The van der Waals surface area contributed by atoms with Crippen molar-refractivity contribution in [2.24, 2.45) is 12.0 Å². The number of aliphatic imine (C=N–C) groups is 1. The molecule has 1 aromatic heterocycles. The van der Waals surface area contributed by atoms with E-state index in [0.29, 0.717) is 5.69 Å². The Kier molecular flexibility index (Phi) is 3.61. The molecule has 0 saturated carbocycles. The number of benzene rings is 1. The molecule has 0 aliphatic carbocycles. The molecule has 0 aliphatic heterocycles. The molecule has 1 heterocycles.